The van der Waals surface area contributed by atoms with Gasteiger partial charge in [0, 0.05) is 11.8 Å². The molecule has 1 aliphatic heterocycles. The molecule has 1 heterocycles. The normalized spacial score (nSPS) is 19.2. The van der Waals surface area contributed by atoms with Crippen LogP contribution in [-0.4, -0.2) is 37.4 Å². The summed E-state index contributed by atoms with van der Waals surface area (Å²) in [4.78, 5) is 24.5. The van der Waals surface area contributed by atoms with Gasteiger partial charge in [0.1, 0.15) is 11.4 Å². The Kier molecular flexibility index (Phi) is 5.02. The van der Waals surface area contributed by atoms with E-state index in [1.807, 2.05) is 12.1 Å². The molecule has 0 radical (unpaired) electrons. The van der Waals surface area contributed by atoms with E-state index in [2.05, 4.69) is 10.6 Å². The van der Waals surface area contributed by atoms with Gasteiger partial charge in [-0.05, 0) is 54.7 Å². The number of fused-ring (bicyclic) bond motifs is 2. The standard InChI is InChI=1S/C21H22N2O6/c1-27-15-5-6-16-13(9-15)3-2-8-21(16,26)11-22-19(24)20(25)23-14-4-7-17-18(10-14)29-12-28-17/h4-7,9-10,26H,2-3,8,11-12H2,1H3,(H,22,24)(H,23,25)/t21-/m0/s1. The molecule has 2 amide bonds. The molecule has 4 rings (SSSR count). The van der Waals surface area contributed by atoms with Gasteiger partial charge in [-0.25, -0.2) is 0 Å². The van der Waals surface area contributed by atoms with Crippen molar-refractivity contribution in [3.05, 3.63) is 47.5 Å². The van der Waals surface area contributed by atoms with E-state index in [1.54, 1.807) is 31.4 Å². The Labute approximate surface area is 167 Å². The highest BCUT2D eigenvalue weighted by molar-refractivity contribution is 6.39. The number of amides is 2. The predicted octanol–water partition coefficient (Wildman–Crippen LogP) is 1.70. The van der Waals surface area contributed by atoms with Crippen molar-refractivity contribution in [1.29, 1.82) is 0 Å². The molecule has 0 fully saturated rings. The zero-order chi connectivity index (χ0) is 20.4. The zero-order valence-corrected chi connectivity index (χ0v) is 16.0. The molecule has 2 aromatic carbocycles. The summed E-state index contributed by atoms with van der Waals surface area (Å²) in [7, 11) is 1.59. The van der Waals surface area contributed by atoms with Gasteiger partial charge in [0.05, 0.1) is 13.7 Å². The molecule has 0 unspecified atom stereocenters. The van der Waals surface area contributed by atoms with Crippen molar-refractivity contribution in [2.75, 3.05) is 25.8 Å². The van der Waals surface area contributed by atoms with Crippen LogP contribution in [0.15, 0.2) is 36.4 Å². The maximum absolute atomic E-state index is 12.3. The Morgan fingerprint density at radius 2 is 1.97 bits per heavy atom. The molecule has 8 nitrogen and oxygen atoms in total. The molecule has 1 aliphatic carbocycles. The van der Waals surface area contributed by atoms with Crippen LogP contribution in [0.25, 0.3) is 0 Å². The second-order valence-corrected chi connectivity index (χ2v) is 7.11. The van der Waals surface area contributed by atoms with E-state index in [-0.39, 0.29) is 13.3 Å². The molecule has 0 spiro atoms. The monoisotopic (exact) mass is 398 g/mol. The number of hydrogen-bond donors (Lipinski definition) is 3. The summed E-state index contributed by atoms with van der Waals surface area (Å²) in [6.45, 7) is 0.0683. The molecule has 1 atom stereocenters. The fraction of sp³-hybridized carbons (Fsp3) is 0.333. The molecule has 0 saturated carbocycles. The van der Waals surface area contributed by atoms with Gasteiger partial charge in [-0.3, -0.25) is 9.59 Å². The van der Waals surface area contributed by atoms with Crippen LogP contribution < -0.4 is 24.8 Å². The van der Waals surface area contributed by atoms with Gasteiger partial charge >= 0.3 is 11.8 Å². The van der Waals surface area contributed by atoms with E-state index in [0.29, 0.717) is 23.6 Å². The van der Waals surface area contributed by atoms with E-state index >= 15 is 0 Å². The van der Waals surface area contributed by atoms with E-state index in [1.165, 1.54) is 0 Å². The van der Waals surface area contributed by atoms with Crippen molar-refractivity contribution in [1.82, 2.24) is 5.32 Å². The summed E-state index contributed by atoms with van der Waals surface area (Å²) in [6.07, 6.45) is 2.10. The maximum Gasteiger partial charge on any atom is 0.313 e. The molecule has 2 aromatic rings. The first-order valence-electron chi connectivity index (χ1n) is 9.37. The molecular weight excluding hydrogens is 376 g/mol. The molecule has 0 saturated heterocycles. The molecule has 152 valence electrons. The summed E-state index contributed by atoms with van der Waals surface area (Å²) >= 11 is 0. The Morgan fingerprint density at radius 3 is 2.79 bits per heavy atom. The molecule has 8 heteroatoms. The number of anilines is 1. The fourth-order valence-corrected chi connectivity index (χ4v) is 3.72. The van der Waals surface area contributed by atoms with Gasteiger partial charge in [0.15, 0.2) is 11.5 Å². The number of carbonyl (C=O) groups is 2. The smallest absolute Gasteiger partial charge is 0.313 e. The largest absolute Gasteiger partial charge is 0.497 e. The van der Waals surface area contributed by atoms with E-state index in [0.717, 1.165) is 29.7 Å². The highest BCUT2D eigenvalue weighted by Gasteiger charge is 2.35. The number of aryl methyl sites for hydroxylation is 1. The van der Waals surface area contributed by atoms with E-state index in [9.17, 15) is 14.7 Å². The summed E-state index contributed by atoms with van der Waals surface area (Å²) < 4.78 is 15.7. The fourth-order valence-electron chi connectivity index (χ4n) is 3.72. The summed E-state index contributed by atoms with van der Waals surface area (Å²) in [5.74, 6) is 0.170. The van der Waals surface area contributed by atoms with Gasteiger partial charge in [-0.2, -0.15) is 0 Å². The van der Waals surface area contributed by atoms with Crippen LogP contribution in [0.5, 0.6) is 17.2 Å². The average molecular weight is 398 g/mol. The molecule has 29 heavy (non-hydrogen) atoms. The number of rotatable bonds is 4. The first-order valence-corrected chi connectivity index (χ1v) is 9.37. The third kappa shape index (κ3) is 3.84. The topological polar surface area (TPSA) is 106 Å². The van der Waals surface area contributed by atoms with Crippen LogP contribution in [0.2, 0.25) is 0 Å². The molecule has 0 aromatic heterocycles. The number of benzene rings is 2. The third-order valence-electron chi connectivity index (χ3n) is 5.23. The Hall–Kier alpha value is -3.26. The van der Waals surface area contributed by atoms with Crippen LogP contribution in [0.1, 0.15) is 24.0 Å². The minimum atomic E-state index is -1.23. The van der Waals surface area contributed by atoms with Crippen LogP contribution in [0, 0.1) is 0 Å². The first kappa shape index (κ1) is 19.1. The molecule has 3 N–H and O–H groups in total. The van der Waals surface area contributed by atoms with Gasteiger partial charge < -0.3 is 30.0 Å². The highest BCUT2D eigenvalue weighted by Crippen LogP contribution is 2.37. The van der Waals surface area contributed by atoms with Crippen molar-refractivity contribution >= 4 is 17.5 Å². The average Bonchev–Trinajstić information content (AvgIpc) is 3.19. The second-order valence-electron chi connectivity index (χ2n) is 7.11. The van der Waals surface area contributed by atoms with Crippen LogP contribution in [0.4, 0.5) is 5.69 Å². The first-order chi connectivity index (χ1) is 14.0. The summed E-state index contributed by atoms with van der Waals surface area (Å²) in [5.41, 5.74) is 0.926. The Balaban J connectivity index is 1.40. The van der Waals surface area contributed by atoms with Gasteiger partial charge in [-0.15, -0.1) is 0 Å². The molecule has 0 bridgehead atoms. The number of carbonyl (C=O) groups excluding carboxylic acids is 2. The lowest BCUT2D eigenvalue weighted by molar-refractivity contribution is -0.137. The molecular formula is C21H22N2O6. The number of hydrogen-bond acceptors (Lipinski definition) is 6. The molecule has 2 aliphatic rings. The zero-order valence-electron chi connectivity index (χ0n) is 16.0. The highest BCUT2D eigenvalue weighted by atomic mass is 16.7. The van der Waals surface area contributed by atoms with E-state index < -0.39 is 17.4 Å². The summed E-state index contributed by atoms with van der Waals surface area (Å²) in [5, 5.41) is 16.2. The lowest BCUT2D eigenvalue weighted by atomic mass is 9.79. The Bertz CT molecular complexity index is 960. The quantitative estimate of drug-likeness (QED) is 0.677. The van der Waals surface area contributed by atoms with Crippen molar-refractivity contribution in [2.24, 2.45) is 0 Å². The SMILES string of the molecule is COc1ccc2c(c1)CCC[C@]2(O)CNC(=O)C(=O)Nc1ccc2c(c1)OCO2. The minimum absolute atomic E-state index is 0.0558. The maximum atomic E-state index is 12.3. The number of methoxy groups -OCH3 is 1. The number of ether oxygens (including phenoxy) is 3. The van der Waals surface area contributed by atoms with Crippen molar-refractivity contribution in [3.8, 4) is 17.2 Å². The van der Waals surface area contributed by atoms with Crippen molar-refractivity contribution in [2.45, 2.75) is 24.9 Å². The van der Waals surface area contributed by atoms with Gasteiger partial charge in [0.25, 0.3) is 0 Å². The second kappa shape index (κ2) is 7.63. The summed E-state index contributed by atoms with van der Waals surface area (Å²) in [6, 6.07) is 10.4. The van der Waals surface area contributed by atoms with Gasteiger partial charge in [-0.1, -0.05) is 6.07 Å². The number of aliphatic hydroxyl groups is 1. The van der Waals surface area contributed by atoms with Crippen molar-refractivity contribution in [3.63, 3.8) is 0 Å². The van der Waals surface area contributed by atoms with Crippen LogP contribution in [0.3, 0.4) is 0 Å². The Morgan fingerprint density at radius 1 is 1.14 bits per heavy atom. The predicted molar refractivity (Wildman–Crippen MR) is 104 cm³/mol. The van der Waals surface area contributed by atoms with Crippen molar-refractivity contribution < 1.29 is 28.9 Å². The lowest BCUT2D eigenvalue weighted by Crippen LogP contribution is -2.46. The van der Waals surface area contributed by atoms with E-state index in [4.69, 9.17) is 14.2 Å². The van der Waals surface area contributed by atoms with Gasteiger partial charge in [0.2, 0.25) is 6.79 Å². The van der Waals surface area contributed by atoms with Crippen LogP contribution >= 0.6 is 0 Å². The third-order valence-corrected chi connectivity index (χ3v) is 5.23. The number of nitrogens with one attached hydrogen (secondary N) is 2. The minimum Gasteiger partial charge on any atom is -0.497 e. The van der Waals surface area contributed by atoms with Crippen LogP contribution in [-0.2, 0) is 21.6 Å². The lowest BCUT2D eigenvalue weighted by Gasteiger charge is -2.34.